The molecule has 0 saturated carbocycles. The number of hydrogen-bond acceptors (Lipinski definition) is 4. The van der Waals surface area contributed by atoms with Crippen molar-refractivity contribution >= 4 is 40.0 Å². The number of sulfonamides is 1. The maximum atomic E-state index is 12.3. The van der Waals surface area contributed by atoms with Gasteiger partial charge in [-0.3, -0.25) is 9.89 Å². The van der Waals surface area contributed by atoms with Crippen molar-refractivity contribution in [1.29, 1.82) is 0 Å². The summed E-state index contributed by atoms with van der Waals surface area (Å²) in [5, 5.41) is 3.30. The molecule has 0 atom stereocenters. The van der Waals surface area contributed by atoms with Gasteiger partial charge in [-0.1, -0.05) is 27.7 Å². The Morgan fingerprint density at radius 2 is 1.69 bits per heavy atom. The molecule has 1 saturated heterocycles. The molecule has 156 valence electrons. The maximum absolute atomic E-state index is 12.3. The van der Waals surface area contributed by atoms with E-state index in [0.29, 0.717) is 25.6 Å². The fourth-order valence-electron chi connectivity index (χ4n) is 3.10. The first-order valence-corrected chi connectivity index (χ1v) is 11.2. The van der Waals surface area contributed by atoms with Crippen LogP contribution in [0.4, 0.5) is 0 Å². The molecule has 1 aliphatic rings. The van der Waals surface area contributed by atoms with Crippen LogP contribution < -0.4 is 5.32 Å². The molecular weight excluding hydrogens is 465 g/mol. The fraction of sp³-hybridized carbons (Fsp3) is 0.941. The van der Waals surface area contributed by atoms with Crippen molar-refractivity contribution in [2.45, 2.75) is 34.6 Å². The lowest BCUT2D eigenvalue weighted by Crippen LogP contribution is -2.53. The summed E-state index contributed by atoms with van der Waals surface area (Å²) in [7, 11) is -3.21. The Labute approximate surface area is 177 Å². The lowest BCUT2D eigenvalue weighted by molar-refractivity contribution is 0.164. The second-order valence-corrected chi connectivity index (χ2v) is 8.91. The highest BCUT2D eigenvalue weighted by Gasteiger charge is 2.21. The second-order valence-electron chi connectivity index (χ2n) is 6.82. The van der Waals surface area contributed by atoms with Crippen molar-refractivity contribution < 1.29 is 8.42 Å². The summed E-state index contributed by atoms with van der Waals surface area (Å²) in [6.07, 6.45) is 0. The fourth-order valence-corrected chi connectivity index (χ4v) is 4.46. The predicted molar refractivity (Wildman–Crippen MR) is 121 cm³/mol. The molecule has 0 aromatic heterocycles. The number of piperazine rings is 1. The van der Waals surface area contributed by atoms with Gasteiger partial charge in [0.1, 0.15) is 0 Å². The van der Waals surface area contributed by atoms with Crippen LogP contribution in [0.3, 0.4) is 0 Å². The Bertz CT molecular complexity index is 501. The van der Waals surface area contributed by atoms with Crippen LogP contribution in [0.25, 0.3) is 0 Å². The molecule has 0 bridgehead atoms. The Balaban J connectivity index is 0.00000625. The molecule has 7 nitrogen and oxygen atoms in total. The molecule has 1 rings (SSSR count). The Kier molecular flexibility index (Phi) is 13.0. The highest BCUT2D eigenvalue weighted by Crippen LogP contribution is 2.06. The van der Waals surface area contributed by atoms with Crippen molar-refractivity contribution in [1.82, 2.24) is 19.4 Å². The van der Waals surface area contributed by atoms with Gasteiger partial charge in [0.05, 0.1) is 12.3 Å². The van der Waals surface area contributed by atoms with E-state index >= 15 is 0 Å². The van der Waals surface area contributed by atoms with Crippen molar-refractivity contribution in [3.05, 3.63) is 0 Å². The number of aliphatic imine (C=N–C) groups is 1. The van der Waals surface area contributed by atoms with Crippen LogP contribution >= 0.6 is 24.0 Å². The molecular formula is C17H38IN5O2S. The summed E-state index contributed by atoms with van der Waals surface area (Å²) in [4.78, 5) is 9.29. The molecule has 26 heavy (non-hydrogen) atoms. The van der Waals surface area contributed by atoms with Crippen LogP contribution in [0.1, 0.15) is 34.6 Å². The van der Waals surface area contributed by atoms with E-state index in [9.17, 15) is 8.42 Å². The zero-order chi connectivity index (χ0) is 18.9. The summed E-state index contributed by atoms with van der Waals surface area (Å²) in [6, 6.07) is 0. The third-order valence-electron chi connectivity index (χ3n) is 4.34. The molecule has 1 N–H and O–H groups in total. The van der Waals surface area contributed by atoms with Crippen molar-refractivity contribution in [3.8, 4) is 0 Å². The van der Waals surface area contributed by atoms with Crippen LogP contribution in [0.5, 0.6) is 0 Å². The molecule has 0 spiro atoms. The molecule has 0 aliphatic carbocycles. The zero-order valence-electron chi connectivity index (χ0n) is 17.1. The van der Waals surface area contributed by atoms with E-state index in [-0.39, 0.29) is 29.7 Å². The molecule has 1 fully saturated rings. The number of hydrogen-bond donors (Lipinski definition) is 1. The monoisotopic (exact) mass is 503 g/mol. The molecule has 0 aromatic rings. The molecule has 9 heteroatoms. The van der Waals surface area contributed by atoms with Crippen molar-refractivity contribution in [2.75, 3.05) is 64.7 Å². The van der Waals surface area contributed by atoms with Crippen molar-refractivity contribution in [3.63, 3.8) is 0 Å². The van der Waals surface area contributed by atoms with E-state index in [2.05, 4.69) is 34.0 Å². The Morgan fingerprint density at radius 1 is 1.12 bits per heavy atom. The second kappa shape index (κ2) is 13.1. The normalized spacial score (nSPS) is 16.9. The van der Waals surface area contributed by atoms with E-state index in [1.807, 2.05) is 20.8 Å². The first-order valence-electron chi connectivity index (χ1n) is 9.57. The van der Waals surface area contributed by atoms with Crippen LogP contribution in [0.2, 0.25) is 0 Å². The van der Waals surface area contributed by atoms with E-state index in [0.717, 1.165) is 45.2 Å². The molecule has 0 radical (unpaired) electrons. The Morgan fingerprint density at radius 3 is 2.15 bits per heavy atom. The van der Waals surface area contributed by atoms with Gasteiger partial charge in [0.15, 0.2) is 5.96 Å². The molecule has 0 aromatic carbocycles. The average Bonchev–Trinajstić information content (AvgIpc) is 2.55. The quantitative estimate of drug-likeness (QED) is 0.294. The third-order valence-corrected chi connectivity index (χ3v) is 6.34. The third kappa shape index (κ3) is 8.71. The largest absolute Gasteiger partial charge is 0.357 e. The van der Waals surface area contributed by atoms with E-state index in [1.165, 1.54) is 4.31 Å². The topological polar surface area (TPSA) is 68.2 Å². The first-order chi connectivity index (χ1) is 11.8. The first kappa shape index (κ1) is 25.9. The highest BCUT2D eigenvalue weighted by atomic mass is 127. The zero-order valence-corrected chi connectivity index (χ0v) is 20.2. The minimum Gasteiger partial charge on any atom is -0.357 e. The van der Waals surface area contributed by atoms with Gasteiger partial charge < -0.3 is 10.2 Å². The average molecular weight is 503 g/mol. The van der Waals surface area contributed by atoms with Crippen LogP contribution in [0, 0.1) is 5.92 Å². The summed E-state index contributed by atoms with van der Waals surface area (Å²) < 4.78 is 26.0. The van der Waals surface area contributed by atoms with Crippen LogP contribution in [-0.4, -0.2) is 93.1 Å². The molecule has 1 heterocycles. The van der Waals surface area contributed by atoms with E-state index < -0.39 is 10.0 Å². The van der Waals surface area contributed by atoms with Crippen LogP contribution in [-0.2, 0) is 10.0 Å². The summed E-state index contributed by atoms with van der Waals surface area (Å²) in [5.41, 5.74) is 0. The number of halogens is 1. The van der Waals surface area contributed by atoms with Gasteiger partial charge >= 0.3 is 0 Å². The van der Waals surface area contributed by atoms with Gasteiger partial charge in [-0.25, -0.2) is 12.7 Å². The minimum atomic E-state index is -3.21. The minimum absolute atomic E-state index is 0. The number of guanidine groups is 1. The molecule has 0 amide bonds. The molecule has 1 aliphatic heterocycles. The van der Waals surface area contributed by atoms with Gasteiger partial charge in [0.2, 0.25) is 10.0 Å². The standard InChI is InChI=1S/C17H37N5O2S.HI/c1-6-18-17(19-9-14-25(23,24)22(7-2)8-3)21-12-10-20(11-13-21)15-16(4)5;/h16H,6-15H2,1-5H3,(H,18,19);1H. The van der Waals surface area contributed by atoms with Crippen molar-refractivity contribution in [2.24, 2.45) is 10.9 Å². The van der Waals surface area contributed by atoms with Gasteiger partial charge in [0.25, 0.3) is 0 Å². The smallest absolute Gasteiger partial charge is 0.215 e. The summed E-state index contributed by atoms with van der Waals surface area (Å²) in [5.74, 6) is 1.58. The van der Waals surface area contributed by atoms with Gasteiger partial charge in [-0.05, 0) is 12.8 Å². The van der Waals surface area contributed by atoms with E-state index in [4.69, 9.17) is 0 Å². The number of nitrogens with zero attached hydrogens (tertiary/aromatic N) is 4. The van der Waals surface area contributed by atoms with E-state index in [1.54, 1.807) is 0 Å². The lowest BCUT2D eigenvalue weighted by Gasteiger charge is -2.37. The summed E-state index contributed by atoms with van der Waals surface area (Å²) in [6.45, 7) is 17.4. The van der Waals surface area contributed by atoms with Gasteiger partial charge in [-0.2, -0.15) is 0 Å². The number of nitrogens with one attached hydrogen (secondary N) is 1. The lowest BCUT2D eigenvalue weighted by atomic mass is 10.2. The predicted octanol–water partition coefficient (Wildman–Crippen LogP) is 1.52. The highest BCUT2D eigenvalue weighted by molar-refractivity contribution is 14.0. The SMILES string of the molecule is CCNC(=NCCS(=O)(=O)N(CC)CC)N1CCN(CC(C)C)CC1.I. The van der Waals surface area contributed by atoms with Gasteiger partial charge in [-0.15, -0.1) is 24.0 Å². The van der Waals surface area contributed by atoms with Gasteiger partial charge in [0, 0.05) is 52.4 Å². The summed E-state index contributed by atoms with van der Waals surface area (Å²) >= 11 is 0. The maximum Gasteiger partial charge on any atom is 0.215 e. The Hall–Kier alpha value is -0.130. The van der Waals surface area contributed by atoms with Crippen LogP contribution in [0.15, 0.2) is 4.99 Å². The number of rotatable bonds is 9. The molecule has 0 unspecified atom stereocenters.